The predicted octanol–water partition coefficient (Wildman–Crippen LogP) is 4.37. The molecule has 4 aromatic rings. The Hall–Kier alpha value is -4.19. The van der Waals surface area contributed by atoms with Crippen LogP contribution in [-0.4, -0.2) is 21.1 Å². The maximum Gasteiger partial charge on any atom is 0.344 e. The number of rotatable bonds is 7. The maximum absolute atomic E-state index is 13.6. The first-order valence-electron chi connectivity index (χ1n) is 10.3. The van der Waals surface area contributed by atoms with Crippen molar-refractivity contribution in [2.24, 2.45) is 0 Å². The van der Waals surface area contributed by atoms with Crippen molar-refractivity contribution in [3.63, 3.8) is 0 Å². The van der Waals surface area contributed by atoms with Crippen molar-refractivity contribution < 1.29 is 14.3 Å². The molecule has 0 amide bonds. The molecule has 0 bridgehead atoms. The van der Waals surface area contributed by atoms with Gasteiger partial charge in [-0.2, -0.15) is 0 Å². The van der Waals surface area contributed by atoms with Gasteiger partial charge in [0.1, 0.15) is 5.78 Å². The van der Waals surface area contributed by atoms with E-state index in [1.807, 2.05) is 48.5 Å². The molecule has 0 atom stereocenters. The van der Waals surface area contributed by atoms with E-state index in [-0.39, 0.29) is 35.6 Å². The second kappa shape index (κ2) is 9.31. The Labute approximate surface area is 185 Å². The second-order valence-electron chi connectivity index (χ2n) is 7.34. The van der Waals surface area contributed by atoms with Crippen molar-refractivity contribution in [2.45, 2.75) is 19.8 Å². The summed E-state index contributed by atoms with van der Waals surface area (Å²) >= 11 is 0. The number of carbonyl (C=O) groups excluding carboxylic acids is 2. The summed E-state index contributed by atoms with van der Waals surface area (Å²) in [7, 11) is 0. The lowest BCUT2D eigenvalue weighted by Crippen LogP contribution is -2.22. The zero-order chi connectivity index (χ0) is 22.5. The average molecular weight is 426 g/mol. The molecule has 0 aliphatic heterocycles. The molecule has 0 radical (unpaired) electrons. The Morgan fingerprint density at radius 1 is 0.750 bits per heavy atom. The number of carbonyl (C=O) groups is 2. The molecule has 0 saturated carbocycles. The normalized spacial score (nSPS) is 10.7. The Balaban J connectivity index is 1.95. The smallest absolute Gasteiger partial charge is 0.344 e. The van der Waals surface area contributed by atoms with Gasteiger partial charge in [-0.1, -0.05) is 54.6 Å². The van der Waals surface area contributed by atoms with E-state index >= 15 is 0 Å². The summed E-state index contributed by atoms with van der Waals surface area (Å²) in [6, 6.07) is 26.9. The molecule has 6 heteroatoms. The van der Waals surface area contributed by atoms with Crippen molar-refractivity contribution in [2.75, 3.05) is 0 Å². The van der Waals surface area contributed by atoms with Gasteiger partial charge in [0.05, 0.1) is 22.5 Å². The molecule has 6 nitrogen and oxygen atoms in total. The highest BCUT2D eigenvalue weighted by Crippen LogP contribution is 2.26. The lowest BCUT2D eigenvalue weighted by atomic mass is 10.1. The van der Waals surface area contributed by atoms with E-state index in [1.165, 1.54) is 11.6 Å². The van der Waals surface area contributed by atoms with E-state index in [0.717, 1.165) is 0 Å². The first kappa shape index (κ1) is 21.1. The number of esters is 1. The molecule has 4 rings (SSSR count). The van der Waals surface area contributed by atoms with Crippen LogP contribution in [0.5, 0.6) is 5.88 Å². The molecular formula is C26H22N2O4. The van der Waals surface area contributed by atoms with Crippen LogP contribution in [0.25, 0.3) is 11.4 Å². The quantitative estimate of drug-likeness (QED) is 0.412. The van der Waals surface area contributed by atoms with Crippen molar-refractivity contribution in [1.82, 2.24) is 9.36 Å². The third-order valence-electron chi connectivity index (χ3n) is 5.03. The van der Waals surface area contributed by atoms with Gasteiger partial charge in [0.25, 0.3) is 5.56 Å². The summed E-state index contributed by atoms with van der Waals surface area (Å²) in [4.78, 5) is 38.2. The fourth-order valence-electron chi connectivity index (χ4n) is 3.47. The number of benzene rings is 3. The first-order chi connectivity index (χ1) is 15.6. The van der Waals surface area contributed by atoms with Gasteiger partial charge in [-0.25, -0.2) is 14.2 Å². The van der Waals surface area contributed by atoms with Gasteiger partial charge >= 0.3 is 5.97 Å². The van der Waals surface area contributed by atoms with Crippen LogP contribution in [-0.2, 0) is 11.2 Å². The highest BCUT2D eigenvalue weighted by atomic mass is 16.5. The van der Waals surface area contributed by atoms with Gasteiger partial charge in [-0.15, -0.1) is 0 Å². The molecule has 0 saturated heterocycles. The number of Topliss-reactive ketones (excluding diaryl/α,β-unsaturated/α-hetero) is 1. The minimum absolute atomic E-state index is 0.0524. The van der Waals surface area contributed by atoms with Crippen LogP contribution in [0.4, 0.5) is 0 Å². The van der Waals surface area contributed by atoms with Crippen LogP contribution in [0.2, 0.25) is 0 Å². The number of ketones is 1. The molecular weight excluding hydrogens is 404 g/mol. The number of hydrogen-bond acceptors (Lipinski definition) is 4. The van der Waals surface area contributed by atoms with E-state index < -0.39 is 5.97 Å². The lowest BCUT2D eigenvalue weighted by Gasteiger charge is -2.15. The van der Waals surface area contributed by atoms with E-state index in [1.54, 1.807) is 47.1 Å². The fraction of sp³-hybridized carbons (Fsp3) is 0.115. The Kier molecular flexibility index (Phi) is 6.12. The summed E-state index contributed by atoms with van der Waals surface area (Å²) in [5, 5.41) is 0. The first-order valence-corrected chi connectivity index (χ1v) is 10.3. The summed E-state index contributed by atoms with van der Waals surface area (Å²) in [6.07, 6.45) is 0.330. The summed E-state index contributed by atoms with van der Waals surface area (Å²) in [5.74, 6) is -0.520. The molecule has 0 N–H and O–H groups in total. The number of para-hydroxylation sites is 2. The van der Waals surface area contributed by atoms with E-state index in [0.29, 0.717) is 16.9 Å². The molecule has 0 aliphatic carbocycles. The summed E-state index contributed by atoms with van der Waals surface area (Å²) < 4.78 is 8.89. The average Bonchev–Trinajstić information content (AvgIpc) is 3.10. The summed E-state index contributed by atoms with van der Waals surface area (Å²) in [5.41, 5.74) is 1.57. The molecule has 1 aromatic heterocycles. The van der Waals surface area contributed by atoms with E-state index in [4.69, 9.17) is 4.74 Å². The SMILES string of the molecule is CC(=O)CCc1c(OC(=O)c2ccccc2)n(-c2ccccc2)n(-c2ccccc2)c1=O. The molecule has 160 valence electrons. The van der Waals surface area contributed by atoms with Crippen LogP contribution in [0, 0.1) is 0 Å². The van der Waals surface area contributed by atoms with Crippen LogP contribution in [0.1, 0.15) is 29.3 Å². The van der Waals surface area contributed by atoms with Crippen LogP contribution < -0.4 is 10.3 Å². The van der Waals surface area contributed by atoms with Gasteiger partial charge in [0, 0.05) is 6.42 Å². The number of ether oxygens (including phenoxy) is 1. The van der Waals surface area contributed by atoms with Gasteiger partial charge in [-0.3, -0.25) is 4.79 Å². The highest BCUT2D eigenvalue weighted by molar-refractivity contribution is 5.91. The second-order valence-corrected chi connectivity index (χ2v) is 7.34. The number of nitrogens with zero attached hydrogens (tertiary/aromatic N) is 2. The maximum atomic E-state index is 13.6. The van der Waals surface area contributed by atoms with Crippen LogP contribution in [0.15, 0.2) is 95.8 Å². The lowest BCUT2D eigenvalue weighted by molar-refractivity contribution is -0.116. The standard InChI is InChI=1S/C26H22N2O4/c1-19(29)17-18-23-24(30)27(21-13-7-3-8-14-21)28(22-15-9-4-10-16-22)25(23)32-26(31)20-11-5-2-6-12-20/h2-16H,17-18H2,1H3. The third kappa shape index (κ3) is 4.30. The summed E-state index contributed by atoms with van der Waals surface area (Å²) in [6.45, 7) is 1.47. The molecule has 1 heterocycles. The Bertz CT molecular complexity index is 1290. The largest absolute Gasteiger partial charge is 0.403 e. The molecule has 3 aromatic carbocycles. The minimum Gasteiger partial charge on any atom is -0.403 e. The van der Waals surface area contributed by atoms with Gasteiger partial charge in [0.15, 0.2) is 0 Å². The topological polar surface area (TPSA) is 70.3 Å². The highest BCUT2D eigenvalue weighted by Gasteiger charge is 2.26. The molecule has 0 fully saturated rings. The van der Waals surface area contributed by atoms with Gasteiger partial charge in [0.2, 0.25) is 5.88 Å². The van der Waals surface area contributed by atoms with E-state index in [9.17, 15) is 14.4 Å². The Morgan fingerprint density at radius 2 is 1.25 bits per heavy atom. The molecule has 32 heavy (non-hydrogen) atoms. The molecule has 0 unspecified atom stereocenters. The molecule has 0 spiro atoms. The third-order valence-corrected chi connectivity index (χ3v) is 5.03. The van der Waals surface area contributed by atoms with Crippen molar-refractivity contribution >= 4 is 11.8 Å². The molecule has 0 aliphatic rings. The fourth-order valence-corrected chi connectivity index (χ4v) is 3.47. The predicted molar refractivity (Wildman–Crippen MR) is 122 cm³/mol. The van der Waals surface area contributed by atoms with Crippen molar-refractivity contribution in [3.05, 3.63) is 112 Å². The zero-order valence-electron chi connectivity index (χ0n) is 17.6. The number of aromatic nitrogens is 2. The van der Waals surface area contributed by atoms with Crippen LogP contribution >= 0.6 is 0 Å². The zero-order valence-corrected chi connectivity index (χ0v) is 17.6. The van der Waals surface area contributed by atoms with Crippen LogP contribution in [0.3, 0.4) is 0 Å². The van der Waals surface area contributed by atoms with Gasteiger partial charge in [-0.05, 0) is 49.7 Å². The van der Waals surface area contributed by atoms with Gasteiger partial charge < -0.3 is 9.53 Å². The number of hydrogen-bond donors (Lipinski definition) is 0. The Morgan fingerprint density at radius 3 is 1.78 bits per heavy atom. The minimum atomic E-state index is -0.579. The van der Waals surface area contributed by atoms with Crippen molar-refractivity contribution in [3.8, 4) is 17.3 Å². The van der Waals surface area contributed by atoms with Crippen molar-refractivity contribution in [1.29, 1.82) is 0 Å². The monoisotopic (exact) mass is 426 g/mol. The van der Waals surface area contributed by atoms with E-state index in [2.05, 4.69) is 0 Å².